The molecule has 0 saturated carbocycles. The van der Waals surface area contributed by atoms with Gasteiger partial charge >= 0.3 is 12.3 Å². The second-order valence-electron chi connectivity index (χ2n) is 3.17. The maximum Gasteiger partial charge on any atom is 0.574 e. The Bertz CT molecular complexity index is 479. The molecular formula is C10H8ClF4NO3. The van der Waals surface area contributed by atoms with Gasteiger partial charge in [0.2, 0.25) is 5.88 Å². The Balaban J connectivity index is 3.18. The predicted molar refractivity (Wildman–Crippen MR) is 56.4 cm³/mol. The first-order valence-corrected chi connectivity index (χ1v) is 5.50. The molecule has 0 unspecified atom stereocenters. The van der Waals surface area contributed by atoms with Gasteiger partial charge in [0, 0.05) is 6.07 Å². The first kappa shape index (κ1) is 15.5. The molecule has 0 aliphatic heterocycles. The van der Waals surface area contributed by atoms with Gasteiger partial charge in [-0.3, -0.25) is 0 Å². The van der Waals surface area contributed by atoms with Crippen LogP contribution in [0.5, 0.6) is 5.88 Å². The molecule has 0 fully saturated rings. The van der Waals surface area contributed by atoms with E-state index in [2.05, 4.69) is 14.5 Å². The van der Waals surface area contributed by atoms with Crippen LogP contribution in [0.15, 0.2) is 6.07 Å². The van der Waals surface area contributed by atoms with Gasteiger partial charge in [-0.1, -0.05) is 0 Å². The number of carbonyl (C=O) groups excluding carboxylic acids is 1. The minimum absolute atomic E-state index is 0.0270. The molecule has 0 N–H and O–H groups in total. The third-order valence-electron chi connectivity index (χ3n) is 1.85. The molecule has 0 aromatic carbocycles. The number of hydrogen-bond acceptors (Lipinski definition) is 4. The van der Waals surface area contributed by atoms with Crippen molar-refractivity contribution in [1.82, 2.24) is 4.98 Å². The zero-order valence-electron chi connectivity index (χ0n) is 9.55. The molecule has 1 heterocycles. The van der Waals surface area contributed by atoms with Crippen LogP contribution in [0.25, 0.3) is 0 Å². The zero-order chi connectivity index (χ0) is 14.6. The van der Waals surface area contributed by atoms with Gasteiger partial charge in [-0.15, -0.1) is 24.8 Å². The van der Waals surface area contributed by atoms with E-state index >= 15 is 0 Å². The summed E-state index contributed by atoms with van der Waals surface area (Å²) in [5.41, 5.74) is -0.995. The number of ether oxygens (including phenoxy) is 2. The lowest BCUT2D eigenvalue weighted by Gasteiger charge is -2.11. The molecule has 0 spiro atoms. The summed E-state index contributed by atoms with van der Waals surface area (Å²) in [4.78, 5) is 14.7. The van der Waals surface area contributed by atoms with Crippen molar-refractivity contribution in [3.63, 3.8) is 0 Å². The average Bonchev–Trinajstić information content (AvgIpc) is 2.25. The van der Waals surface area contributed by atoms with Crippen molar-refractivity contribution >= 4 is 17.6 Å². The highest BCUT2D eigenvalue weighted by atomic mass is 35.5. The number of rotatable bonds is 4. The molecule has 0 saturated heterocycles. The molecule has 9 heteroatoms. The van der Waals surface area contributed by atoms with Crippen molar-refractivity contribution in [3.8, 4) is 5.88 Å². The Morgan fingerprint density at radius 3 is 2.58 bits per heavy atom. The van der Waals surface area contributed by atoms with Gasteiger partial charge in [-0.25, -0.2) is 14.2 Å². The molecule has 4 nitrogen and oxygen atoms in total. The molecule has 1 aromatic rings. The van der Waals surface area contributed by atoms with Crippen LogP contribution >= 0.6 is 11.6 Å². The normalized spacial score (nSPS) is 11.3. The first-order valence-electron chi connectivity index (χ1n) is 4.96. The van der Waals surface area contributed by atoms with E-state index < -0.39 is 35.5 Å². The molecular weight excluding hydrogens is 294 g/mol. The molecule has 0 aliphatic rings. The van der Waals surface area contributed by atoms with Crippen LogP contribution in [-0.2, 0) is 10.6 Å². The smallest absolute Gasteiger partial charge is 0.462 e. The lowest BCUT2D eigenvalue weighted by Crippen LogP contribution is -2.20. The van der Waals surface area contributed by atoms with E-state index in [0.717, 1.165) is 0 Å². The van der Waals surface area contributed by atoms with Crippen LogP contribution in [-0.4, -0.2) is 23.9 Å². The molecule has 0 bridgehead atoms. The van der Waals surface area contributed by atoms with E-state index in [0.29, 0.717) is 6.07 Å². The van der Waals surface area contributed by atoms with Crippen molar-refractivity contribution in [2.24, 2.45) is 0 Å². The Morgan fingerprint density at radius 1 is 1.47 bits per heavy atom. The minimum Gasteiger partial charge on any atom is -0.462 e. The highest BCUT2D eigenvalue weighted by Gasteiger charge is 2.33. The Kier molecular flexibility index (Phi) is 4.93. The number of pyridine rings is 1. The first-order chi connectivity index (χ1) is 8.78. The number of aromatic nitrogens is 1. The standard InChI is InChI=1S/C10H8ClF4NO3/c1-2-18-9(17)8-5(12)3-7(16-6(8)4-11)19-10(13,14)15/h3H,2,4H2,1H3. The lowest BCUT2D eigenvalue weighted by molar-refractivity contribution is -0.276. The SMILES string of the molecule is CCOC(=O)c1c(F)cc(OC(F)(F)F)nc1CCl. The fourth-order valence-electron chi connectivity index (χ4n) is 1.23. The van der Waals surface area contributed by atoms with Gasteiger partial charge in [-0.2, -0.15) is 0 Å². The third kappa shape index (κ3) is 4.23. The molecule has 106 valence electrons. The monoisotopic (exact) mass is 301 g/mol. The predicted octanol–water partition coefficient (Wildman–Crippen LogP) is 3.03. The van der Waals surface area contributed by atoms with Crippen molar-refractivity contribution < 1.29 is 31.8 Å². The summed E-state index contributed by atoms with van der Waals surface area (Å²) < 4.78 is 57.5. The fourth-order valence-corrected chi connectivity index (χ4v) is 1.42. The third-order valence-corrected chi connectivity index (χ3v) is 2.10. The van der Waals surface area contributed by atoms with Crippen molar-refractivity contribution in [3.05, 3.63) is 23.1 Å². The maximum absolute atomic E-state index is 13.6. The van der Waals surface area contributed by atoms with Crippen molar-refractivity contribution in [1.29, 1.82) is 0 Å². The van der Waals surface area contributed by atoms with Crippen LogP contribution < -0.4 is 4.74 Å². The quantitative estimate of drug-likeness (QED) is 0.487. The molecule has 0 radical (unpaired) electrons. The molecule has 0 aliphatic carbocycles. The summed E-state index contributed by atoms with van der Waals surface area (Å²) in [6, 6.07) is 0.343. The van der Waals surface area contributed by atoms with Gasteiger partial charge in [0.25, 0.3) is 0 Å². The molecule has 0 atom stereocenters. The second-order valence-corrected chi connectivity index (χ2v) is 3.43. The van der Waals surface area contributed by atoms with Crippen molar-refractivity contribution in [2.45, 2.75) is 19.2 Å². The number of nitrogens with zero attached hydrogens (tertiary/aromatic N) is 1. The topological polar surface area (TPSA) is 48.4 Å². The summed E-state index contributed by atoms with van der Waals surface area (Å²) in [6.45, 7) is 1.46. The van der Waals surface area contributed by atoms with Gasteiger partial charge in [0.1, 0.15) is 11.4 Å². The lowest BCUT2D eigenvalue weighted by atomic mass is 10.2. The van der Waals surface area contributed by atoms with Crippen LogP contribution in [0, 0.1) is 5.82 Å². The van der Waals surface area contributed by atoms with E-state index in [1.54, 1.807) is 0 Å². The van der Waals surface area contributed by atoms with E-state index in [1.807, 2.05) is 0 Å². The Labute approximate surface area is 110 Å². The number of halogens is 5. The summed E-state index contributed by atoms with van der Waals surface area (Å²) in [5.74, 6) is -3.81. The zero-order valence-corrected chi connectivity index (χ0v) is 10.3. The highest BCUT2D eigenvalue weighted by molar-refractivity contribution is 6.17. The van der Waals surface area contributed by atoms with E-state index in [4.69, 9.17) is 11.6 Å². The highest BCUT2D eigenvalue weighted by Crippen LogP contribution is 2.25. The second kappa shape index (κ2) is 6.05. The van der Waals surface area contributed by atoms with Gasteiger partial charge < -0.3 is 9.47 Å². The van der Waals surface area contributed by atoms with Gasteiger partial charge in [0.15, 0.2) is 0 Å². The van der Waals surface area contributed by atoms with Crippen LogP contribution in [0.3, 0.4) is 0 Å². The van der Waals surface area contributed by atoms with E-state index in [-0.39, 0.29) is 12.3 Å². The summed E-state index contributed by atoms with van der Waals surface area (Å²) in [7, 11) is 0. The summed E-state index contributed by atoms with van der Waals surface area (Å²) in [5, 5.41) is 0. The average molecular weight is 302 g/mol. The van der Waals surface area contributed by atoms with Crippen molar-refractivity contribution in [2.75, 3.05) is 6.61 Å². The summed E-state index contributed by atoms with van der Waals surface area (Å²) in [6.07, 6.45) is -5.02. The molecule has 1 aromatic heterocycles. The molecule has 1 rings (SSSR count). The van der Waals surface area contributed by atoms with Crippen LogP contribution in [0.1, 0.15) is 23.0 Å². The van der Waals surface area contributed by atoms with Gasteiger partial charge in [0.05, 0.1) is 18.2 Å². The van der Waals surface area contributed by atoms with Crippen LogP contribution in [0.4, 0.5) is 17.6 Å². The largest absolute Gasteiger partial charge is 0.574 e. The Morgan fingerprint density at radius 2 is 2.11 bits per heavy atom. The number of alkyl halides is 4. The van der Waals surface area contributed by atoms with Crippen LogP contribution in [0.2, 0.25) is 0 Å². The number of esters is 1. The Hall–Kier alpha value is -1.57. The fraction of sp³-hybridized carbons (Fsp3) is 0.400. The van der Waals surface area contributed by atoms with E-state index in [9.17, 15) is 22.4 Å². The number of hydrogen-bond donors (Lipinski definition) is 0. The summed E-state index contributed by atoms with van der Waals surface area (Å²) >= 11 is 5.42. The van der Waals surface area contributed by atoms with Gasteiger partial charge in [-0.05, 0) is 6.92 Å². The molecule has 19 heavy (non-hydrogen) atoms. The van der Waals surface area contributed by atoms with E-state index in [1.165, 1.54) is 6.92 Å². The molecule has 0 amide bonds. The number of carbonyl (C=O) groups is 1. The maximum atomic E-state index is 13.6. The minimum atomic E-state index is -5.02.